The number of piperazine rings is 1. The lowest BCUT2D eigenvalue weighted by atomic mass is 10.2. The Bertz CT molecular complexity index is 758. The van der Waals surface area contributed by atoms with Crippen LogP contribution in [0.15, 0.2) is 48.5 Å². The molecule has 1 aliphatic heterocycles. The van der Waals surface area contributed by atoms with E-state index < -0.39 is 6.10 Å². The summed E-state index contributed by atoms with van der Waals surface area (Å²) in [6.45, 7) is 5.57. The van der Waals surface area contributed by atoms with Crippen molar-refractivity contribution in [3.05, 3.63) is 64.7 Å². The maximum Gasteiger partial charge on any atom is 0.253 e. The molecule has 144 valence electrons. The molecule has 1 heterocycles. The van der Waals surface area contributed by atoms with Gasteiger partial charge in [0.1, 0.15) is 18.5 Å². The molecule has 6 heteroatoms. The van der Waals surface area contributed by atoms with Crippen LogP contribution < -0.4 is 4.74 Å². The predicted molar refractivity (Wildman–Crippen MR) is 106 cm³/mol. The van der Waals surface area contributed by atoms with E-state index in [-0.39, 0.29) is 12.5 Å². The number of aliphatic hydroxyl groups is 1. The van der Waals surface area contributed by atoms with Crippen molar-refractivity contribution in [3.8, 4) is 5.75 Å². The number of ether oxygens (including phenoxy) is 1. The van der Waals surface area contributed by atoms with E-state index in [4.69, 9.17) is 16.3 Å². The second-order valence-corrected chi connectivity index (χ2v) is 7.32. The van der Waals surface area contributed by atoms with Gasteiger partial charge < -0.3 is 14.7 Å². The van der Waals surface area contributed by atoms with Crippen molar-refractivity contribution in [2.24, 2.45) is 0 Å². The van der Waals surface area contributed by atoms with Crippen molar-refractivity contribution in [1.82, 2.24) is 9.80 Å². The summed E-state index contributed by atoms with van der Waals surface area (Å²) < 4.78 is 5.66. The lowest BCUT2D eigenvalue weighted by molar-refractivity contribution is 0.0403. The number of hydrogen-bond acceptors (Lipinski definition) is 4. The van der Waals surface area contributed by atoms with Crippen LogP contribution >= 0.6 is 11.6 Å². The Morgan fingerprint density at radius 3 is 2.52 bits per heavy atom. The molecular weight excluding hydrogens is 364 g/mol. The van der Waals surface area contributed by atoms with Gasteiger partial charge in [0.25, 0.3) is 5.91 Å². The summed E-state index contributed by atoms with van der Waals surface area (Å²) in [5.74, 6) is 0.794. The summed E-state index contributed by atoms with van der Waals surface area (Å²) in [5, 5.41) is 10.9. The van der Waals surface area contributed by atoms with Gasteiger partial charge in [0.2, 0.25) is 0 Å². The zero-order chi connectivity index (χ0) is 19.2. The predicted octanol–water partition coefficient (Wildman–Crippen LogP) is 2.85. The number of halogens is 1. The van der Waals surface area contributed by atoms with Gasteiger partial charge in [0.05, 0.1) is 0 Å². The fraction of sp³-hybridized carbons (Fsp3) is 0.381. The minimum absolute atomic E-state index is 0.0228. The van der Waals surface area contributed by atoms with Gasteiger partial charge >= 0.3 is 0 Å². The first-order valence-electron chi connectivity index (χ1n) is 9.16. The summed E-state index contributed by atoms with van der Waals surface area (Å²) in [6, 6.07) is 14.8. The lowest BCUT2D eigenvalue weighted by Crippen LogP contribution is -2.50. The summed E-state index contributed by atoms with van der Waals surface area (Å²) in [7, 11) is 0. The van der Waals surface area contributed by atoms with E-state index in [0.29, 0.717) is 30.2 Å². The van der Waals surface area contributed by atoms with Crippen molar-refractivity contribution in [1.29, 1.82) is 0 Å². The molecular formula is C21H25ClN2O3. The highest BCUT2D eigenvalue weighted by molar-refractivity contribution is 6.30. The van der Waals surface area contributed by atoms with Crippen LogP contribution in [0.1, 0.15) is 15.9 Å². The van der Waals surface area contributed by atoms with E-state index in [2.05, 4.69) is 4.90 Å². The van der Waals surface area contributed by atoms with Gasteiger partial charge in [0.15, 0.2) is 0 Å². The molecule has 0 aliphatic carbocycles. The molecule has 1 N–H and O–H groups in total. The topological polar surface area (TPSA) is 53.0 Å². The Morgan fingerprint density at radius 2 is 1.85 bits per heavy atom. The average molecular weight is 389 g/mol. The van der Waals surface area contributed by atoms with Gasteiger partial charge in [-0.05, 0) is 48.9 Å². The molecule has 5 nitrogen and oxygen atoms in total. The number of benzene rings is 2. The fourth-order valence-electron chi connectivity index (χ4n) is 3.16. The molecule has 1 aliphatic rings. The molecule has 2 aromatic rings. The van der Waals surface area contributed by atoms with Crippen molar-refractivity contribution < 1.29 is 14.6 Å². The van der Waals surface area contributed by atoms with Crippen LogP contribution in [0.5, 0.6) is 5.75 Å². The third-order valence-corrected chi connectivity index (χ3v) is 4.90. The summed E-state index contributed by atoms with van der Waals surface area (Å²) >= 11 is 5.88. The van der Waals surface area contributed by atoms with E-state index in [9.17, 15) is 9.90 Å². The summed E-state index contributed by atoms with van der Waals surface area (Å²) in [4.78, 5) is 16.5. The maximum atomic E-state index is 12.5. The highest BCUT2D eigenvalue weighted by Crippen LogP contribution is 2.14. The number of β-amino-alcohol motifs (C(OH)–C–C–N with tert-alkyl or cyclic N) is 1. The molecule has 1 amide bonds. The number of nitrogens with zero attached hydrogens (tertiary/aromatic N) is 2. The summed E-state index contributed by atoms with van der Waals surface area (Å²) in [5.41, 5.74) is 1.78. The Hall–Kier alpha value is -2.08. The first-order chi connectivity index (χ1) is 13.0. The molecule has 1 atom stereocenters. The van der Waals surface area contributed by atoms with Gasteiger partial charge in [-0.2, -0.15) is 0 Å². The number of rotatable bonds is 6. The van der Waals surface area contributed by atoms with Crippen LogP contribution in [0.25, 0.3) is 0 Å². The Morgan fingerprint density at radius 1 is 1.15 bits per heavy atom. The van der Waals surface area contributed by atoms with Gasteiger partial charge in [-0.3, -0.25) is 9.69 Å². The minimum Gasteiger partial charge on any atom is -0.491 e. The smallest absolute Gasteiger partial charge is 0.253 e. The largest absolute Gasteiger partial charge is 0.491 e. The van der Waals surface area contributed by atoms with E-state index in [1.54, 1.807) is 24.3 Å². The molecule has 3 rings (SSSR count). The normalized spacial score (nSPS) is 16.2. The highest BCUT2D eigenvalue weighted by atomic mass is 35.5. The van der Waals surface area contributed by atoms with Gasteiger partial charge in [-0.15, -0.1) is 0 Å². The van der Waals surface area contributed by atoms with Gasteiger partial charge in [0, 0.05) is 43.3 Å². The number of hydrogen-bond donors (Lipinski definition) is 1. The van der Waals surface area contributed by atoms with Crippen molar-refractivity contribution in [2.45, 2.75) is 13.0 Å². The van der Waals surface area contributed by atoms with E-state index in [1.807, 2.05) is 36.1 Å². The van der Waals surface area contributed by atoms with E-state index >= 15 is 0 Å². The van der Waals surface area contributed by atoms with Crippen LogP contribution in [0.3, 0.4) is 0 Å². The molecule has 0 bridgehead atoms. The average Bonchev–Trinajstić information content (AvgIpc) is 2.67. The van der Waals surface area contributed by atoms with Crippen LogP contribution in [0.4, 0.5) is 0 Å². The van der Waals surface area contributed by atoms with Crippen molar-refractivity contribution in [3.63, 3.8) is 0 Å². The Kier molecular flexibility index (Phi) is 6.72. The monoisotopic (exact) mass is 388 g/mol. The Labute approximate surface area is 165 Å². The first kappa shape index (κ1) is 19.7. The number of aryl methyl sites for hydroxylation is 1. The molecule has 1 fully saturated rings. The first-order valence-corrected chi connectivity index (χ1v) is 9.54. The standard InChI is InChI=1S/C21H25ClN2O3/c1-16-3-2-4-20(13-16)27-15-19(25)14-23-9-11-24(12-10-23)21(26)17-5-7-18(22)8-6-17/h2-8,13,19,25H,9-12,14-15H2,1H3. The molecule has 1 saturated heterocycles. The number of aliphatic hydroxyl groups excluding tert-OH is 1. The van der Waals surface area contributed by atoms with Crippen LogP contribution in [-0.2, 0) is 0 Å². The third-order valence-electron chi connectivity index (χ3n) is 4.65. The third kappa shape index (κ3) is 5.70. The SMILES string of the molecule is Cc1cccc(OCC(O)CN2CCN(C(=O)c3ccc(Cl)cc3)CC2)c1. The Balaban J connectivity index is 1.42. The van der Waals surface area contributed by atoms with Gasteiger partial charge in [-0.1, -0.05) is 23.7 Å². The molecule has 0 aromatic heterocycles. The lowest BCUT2D eigenvalue weighted by Gasteiger charge is -2.35. The number of amides is 1. The zero-order valence-electron chi connectivity index (χ0n) is 15.5. The molecule has 0 spiro atoms. The van der Waals surface area contributed by atoms with Crippen molar-refractivity contribution >= 4 is 17.5 Å². The van der Waals surface area contributed by atoms with Crippen LogP contribution in [-0.4, -0.2) is 66.2 Å². The fourth-order valence-corrected chi connectivity index (χ4v) is 3.28. The molecule has 1 unspecified atom stereocenters. The van der Waals surface area contributed by atoms with E-state index in [0.717, 1.165) is 24.4 Å². The summed E-state index contributed by atoms with van der Waals surface area (Å²) in [6.07, 6.45) is -0.566. The quantitative estimate of drug-likeness (QED) is 0.826. The van der Waals surface area contributed by atoms with E-state index in [1.165, 1.54) is 0 Å². The van der Waals surface area contributed by atoms with Gasteiger partial charge in [-0.25, -0.2) is 0 Å². The van der Waals surface area contributed by atoms with Crippen molar-refractivity contribution in [2.75, 3.05) is 39.3 Å². The zero-order valence-corrected chi connectivity index (χ0v) is 16.2. The molecule has 0 radical (unpaired) electrons. The van der Waals surface area contributed by atoms with Crippen LogP contribution in [0.2, 0.25) is 5.02 Å². The highest BCUT2D eigenvalue weighted by Gasteiger charge is 2.23. The number of carbonyl (C=O) groups excluding carboxylic acids is 1. The number of carbonyl (C=O) groups is 1. The molecule has 2 aromatic carbocycles. The van der Waals surface area contributed by atoms with Crippen LogP contribution in [0, 0.1) is 6.92 Å². The molecule has 0 saturated carbocycles. The minimum atomic E-state index is -0.566. The maximum absolute atomic E-state index is 12.5. The second-order valence-electron chi connectivity index (χ2n) is 6.88. The second kappa shape index (κ2) is 9.22. The molecule has 27 heavy (non-hydrogen) atoms.